The fourth-order valence-electron chi connectivity index (χ4n) is 2.07. The number of benzene rings is 2. The van der Waals surface area contributed by atoms with E-state index in [-0.39, 0.29) is 12.4 Å². The summed E-state index contributed by atoms with van der Waals surface area (Å²) in [6.07, 6.45) is 1.68. The molecule has 1 aromatic heterocycles. The molecule has 0 spiro atoms. The van der Waals surface area contributed by atoms with Gasteiger partial charge in [0, 0.05) is 17.1 Å². The molecule has 3 nitrogen and oxygen atoms in total. The number of fused-ring (bicyclic) bond motifs is 1. The van der Waals surface area contributed by atoms with Gasteiger partial charge in [-0.2, -0.15) is 0 Å². The molecule has 0 amide bonds. The van der Waals surface area contributed by atoms with E-state index in [1.165, 1.54) is 6.07 Å². The number of nitrogens with zero attached hydrogens (tertiary/aromatic N) is 1. The molecular formula is C16H13FN2O. The van der Waals surface area contributed by atoms with Crippen molar-refractivity contribution in [1.29, 1.82) is 0 Å². The summed E-state index contributed by atoms with van der Waals surface area (Å²) in [4.78, 5) is 4.23. The van der Waals surface area contributed by atoms with Crippen LogP contribution in [0.4, 0.5) is 10.1 Å². The molecule has 0 aliphatic carbocycles. The first-order valence-corrected chi connectivity index (χ1v) is 6.25. The molecule has 0 radical (unpaired) electrons. The van der Waals surface area contributed by atoms with Crippen LogP contribution in [0.25, 0.3) is 10.9 Å². The van der Waals surface area contributed by atoms with Crippen LogP contribution in [0, 0.1) is 5.82 Å². The van der Waals surface area contributed by atoms with Gasteiger partial charge < -0.3 is 10.5 Å². The van der Waals surface area contributed by atoms with Crippen molar-refractivity contribution < 1.29 is 9.13 Å². The van der Waals surface area contributed by atoms with Gasteiger partial charge in [0.25, 0.3) is 0 Å². The summed E-state index contributed by atoms with van der Waals surface area (Å²) in [6, 6.07) is 13.8. The van der Waals surface area contributed by atoms with Gasteiger partial charge in [0.15, 0.2) is 0 Å². The summed E-state index contributed by atoms with van der Waals surface area (Å²) >= 11 is 0. The van der Waals surface area contributed by atoms with Crippen molar-refractivity contribution in [3.05, 3.63) is 66.1 Å². The molecule has 0 aliphatic heterocycles. The third kappa shape index (κ3) is 2.28. The molecule has 1 heterocycles. The van der Waals surface area contributed by atoms with E-state index in [9.17, 15) is 4.39 Å². The highest BCUT2D eigenvalue weighted by atomic mass is 19.1. The second-order valence-electron chi connectivity index (χ2n) is 4.43. The molecular weight excluding hydrogens is 255 g/mol. The second-order valence-corrected chi connectivity index (χ2v) is 4.43. The Morgan fingerprint density at radius 2 is 1.90 bits per heavy atom. The number of halogens is 1. The zero-order valence-electron chi connectivity index (χ0n) is 10.7. The maximum absolute atomic E-state index is 13.6. The minimum absolute atomic E-state index is 0.167. The van der Waals surface area contributed by atoms with E-state index in [1.807, 2.05) is 12.1 Å². The summed E-state index contributed by atoms with van der Waals surface area (Å²) in [5, 5.41) is 0.823. The van der Waals surface area contributed by atoms with Crippen LogP contribution in [0.2, 0.25) is 0 Å². The first-order valence-electron chi connectivity index (χ1n) is 6.25. The molecule has 0 saturated carbocycles. The van der Waals surface area contributed by atoms with Gasteiger partial charge in [-0.3, -0.25) is 4.98 Å². The van der Waals surface area contributed by atoms with Crippen LogP contribution in [0.15, 0.2) is 54.7 Å². The molecule has 3 aromatic rings. The minimum Gasteiger partial charge on any atom is -0.488 e. The Morgan fingerprint density at radius 3 is 2.75 bits per heavy atom. The molecule has 20 heavy (non-hydrogen) atoms. The van der Waals surface area contributed by atoms with E-state index >= 15 is 0 Å². The molecule has 0 aliphatic rings. The van der Waals surface area contributed by atoms with Gasteiger partial charge in [-0.15, -0.1) is 0 Å². The molecule has 2 N–H and O–H groups in total. The van der Waals surface area contributed by atoms with Crippen LogP contribution in [0.1, 0.15) is 5.56 Å². The highest BCUT2D eigenvalue weighted by molar-refractivity contribution is 5.93. The Kier molecular flexibility index (Phi) is 3.21. The van der Waals surface area contributed by atoms with Gasteiger partial charge >= 0.3 is 0 Å². The van der Waals surface area contributed by atoms with Crippen LogP contribution in [0.5, 0.6) is 5.75 Å². The Hall–Kier alpha value is -2.62. The molecule has 2 aromatic carbocycles. The normalized spacial score (nSPS) is 10.7. The SMILES string of the molecule is Nc1ccc(OCc2ccccc2F)c2cccnc12. The van der Waals surface area contributed by atoms with E-state index in [0.29, 0.717) is 22.5 Å². The van der Waals surface area contributed by atoms with Gasteiger partial charge in [0.2, 0.25) is 0 Å². The molecule has 4 heteroatoms. The van der Waals surface area contributed by atoms with Crippen molar-refractivity contribution in [3.8, 4) is 5.75 Å². The summed E-state index contributed by atoms with van der Waals surface area (Å²) in [5.41, 5.74) is 7.68. The van der Waals surface area contributed by atoms with Crippen LogP contribution in [0.3, 0.4) is 0 Å². The summed E-state index contributed by atoms with van der Waals surface area (Å²) in [7, 11) is 0. The van der Waals surface area contributed by atoms with E-state index in [4.69, 9.17) is 10.5 Å². The maximum Gasteiger partial charge on any atom is 0.129 e. The number of nitrogen functional groups attached to an aromatic ring is 1. The number of hydrogen-bond donors (Lipinski definition) is 1. The fraction of sp³-hybridized carbons (Fsp3) is 0.0625. The van der Waals surface area contributed by atoms with Gasteiger partial charge in [0.05, 0.1) is 11.2 Å². The smallest absolute Gasteiger partial charge is 0.129 e. The molecule has 0 atom stereocenters. The molecule has 0 bridgehead atoms. The molecule has 0 fully saturated rings. The predicted octanol–water partition coefficient (Wildman–Crippen LogP) is 3.54. The van der Waals surface area contributed by atoms with E-state index in [2.05, 4.69) is 4.98 Å². The topological polar surface area (TPSA) is 48.1 Å². The number of anilines is 1. The van der Waals surface area contributed by atoms with Gasteiger partial charge in [-0.1, -0.05) is 18.2 Å². The summed E-state index contributed by atoms with van der Waals surface area (Å²) < 4.78 is 19.3. The van der Waals surface area contributed by atoms with E-state index < -0.39 is 0 Å². The lowest BCUT2D eigenvalue weighted by Crippen LogP contribution is -1.99. The second kappa shape index (κ2) is 5.17. The van der Waals surface area contributed by atoms with Crippen LogP contribution in [-0.4, -0.2) is 4.98 Å². The molecule has 100 valence electrons. The number of aromatic nitrogens is 1. The Bertz CT molecular complexity index is 758. The van der Waals surface area contributed by atoms with E-state index in [0.717, 1.165) is 5.39 Å². The first-order chi connectivity index (χ1) is 9.75. The lowest BCUT2D eigenvalue weighted by atomic mass is 10.1. The predicted molar refractivity (Wildman–Crippen MR) is 76.9 cm³/mol. The number of pyridine rings is 1. The highest BCUT2D eigenvalue weighted by Crippen LogP contribution is 2.29. The monoisotopic (exact) mass is 268 g/mol. The van der Waals surface area contributed by atoms with Crippen LogP contribution >= 0.6 is 0 Å². The third-order valence-electron chi connectivity index (χ3n) is 3.10. The quantitative estimate of drug-likeness (QED) is 0.739. The number of nitrogens with two attached hydrogens (primary N) is 1. The van der Waals surface area contributed by atoms with E-state index in [1.54, 1.807) is 36.5 Å². The van der Waals surface area contributed by atoms with Crippen molar-refractivity contribution in [2.75, 3.05) is 5.73 Å². The van der Waals surface area contributed by atoms with Crippen molar-refractivity contribution in [1.82, 2.24) is 4.98 Å². The van der Waals surface area contributed by atoms with Crippen molar-refractivity contribution in [2.24, 2.45) is 0 Å². The standard InChI is InChI=1S/C16H13FN2O/c17-13-6-2-1-4-11(13)10-20-15-8-7-14(18)16-12(15)5-3-9-19-16/h1-9H,10,18H2. The Labute approximate surface area is 115 Å². The van der Waals surface area contributed by atoms with Crippen molar-refractivity contribution in [2.45, 2.75) is 6.61 Å². The number of rotatable bonds is 3. The Balaban J connectivity index is 1.92. The van der Waals surface area contributed by atoms with Crippen molar-refractivity contribution >= 4 is 16.6 Å². The minimum atomic E-state index is -0.273. The molecule has 3 rings (SSSR count). The lowest BCUT2D eigenvalue weighted by Gasteiger charge is -2.10. The van der Waals surface area contributed by atoms with Gasteiger partial charge in [-0.05, 0) is 30.3 Å². The third-order valence-corrected chi connectivity index (χ3v) is 3.10. The average molecular weight is 268 g/mol. The fourth-order valence-corrected chi connectivity index (χ4v) is 2.07. The largest absolute Gasteiger partial charge is 0.488 e. The maximum atomic E-state index is 13.6. The average Bonchev–Trinajstić information content (AvgIpc) is 2.48. The number of hydrogen-bond acceptors (Lipinski definition) is 3. The molecule has 0 unspecified atom stereocenters. The zero-order valence-corrected chi connectivity index (χ0v) is 10.7. The zero-order chi connectivity index (χ0) is 13.9. The van der Waals surface area contributed by atoms with Crippen molar-refractivity contribution in [3.63, 3.8) is 0 Å². The summed E-state index contributed by atoms with van der Waals surface area (Å²) in [6.45, 7) is 0.167. The van der Waals surface area contributed by atoms with Crippen LogP contribution < -0.4 is 10.5 Å². The first kappa shape index (κ1) is 12.4. The number of ether oxygens (including phenoxy) is 1. The molecule has 0 saturated heterocycles. The van der Waals surface area contributed by atoms with Gasteiger partial charge in [-0.25, -0.2) is 4.39 Å². The Morgan fingerprint density at radius 1 is 1.05 bits per heavy atom. The van der Waals surface area contributed by atoms with Crippen LogP contribution in [-0.2, 0) is 6.61 Å². The summed E-state index contributed by atoms with van der Waals surface area (Å²) in [5.74, 6) is 0.371. The van der Waals surface area contributed by atoms with Gasteiger partial charge in [0.1, 0.15) is 18.2 Å². The lowest BCUT2D eigenvalue weighted by molar-refractivity contribution is 0.303. The highest BCUT2D eigenvalue weighted by Gasteiger charge is 2.07.